The molecular formula is C13H15N3O3. The number of amides is 1. The Morgan fingerprint density at radius 1 is 1.42 bits per heavy atom. The highest BCUT2D eigenvalue weighted by Gasteiger charge is 2.40. The first-order valence-electron chi connectivity index (χ1n) is 6.41. The van der Waals surface area contributed by atoms with E-state index in [1.807, 2.05) is 4.90 Å². The van der Waals surface area contributed by atoms with Crippen molar-refractivity contribution in [1.82, 2.24) is 4.90 Å². The number of non-ortho nitro benzene ring substituents is 1. The van der Waals surface area contributed by atoms with E-state index in [0.29, 0.717) is 11.6 Å². The van der Waals surface area contributed by atoms with Crippen molar-refractivity contribution in [3.8, 4) is 0 Å². The third-order valence-corrected chi connectivity index (χ3v) is 4.15. The first-order valence-corrected chi connectivity index (χ1v) is 6.41. The monoisotopic (exact) mass is 261 g/mol. The summed E-state index contributed by atoms with van der Waals surface area (Å²) in [6.07, 6.45) is 3.27. The van der Waals surface area contributed by atoms with Gasteiger partial charge in [0.2, 0.25) is 0 Å². The Labute approximate surface area is 110 Å². The summed E-state index contributed by atoms with van der Waals surface area (Å²) in [4.78, 5) is 24.5. The van der Waals surface area contributed by atoms with Gasteiger partial charge < -0.3 is 10.6 Å². The third kappa shape index (κ3) is 1.93. The molecule has 0 radical (unpaired) electrons. The summed E-state index contributed by atoms with van der Waals surface area (Å²) in [6.45, 7) is 0.756. The number of benzene rings is 1. The van der Waals surface area contributed by atoms with Gasteiger partial charge in [-0.2, -0.15) is 0 Å². The van der Waals surface area contributed by atoms with Crippen LogP contribution in [0.2, 0.25) is 0 Å². The smallest absolute Gasteiger partial charge is 0.270 e. The van der Waals surface area contributed by atoms with Crippen LogP contribution in [0.3, 0.4) is 0 Å². The van der Waals surface area contributed by atoms with Crippen LogP contribution in [-0.4, -0.2) is 28.3 Å². The second kappa shape index (κ2) is 4.22. The van der Waals surface area contributed by atoms with Crippen LogP contribution in [0.5, 0.6) is 0 Å². The molecule has 1 aromatic rings. The van der Waals surface area contributed by atoms with Crippen molar-refractivity contribution < 1.29 is 9.72 Å². The van der Waals surface area contributed by atoms with Gasteiger partial charge >= 0.3 is 0 Å². The lowest BCUT2D eigenvalue weighted by Crippen LogP contribution is -2.38. The summed E-state index contributed by atoms with van der Waals surface area (Å²) < 4.78 is 0. The first kappa shape index (κ1) is 12.0. The number of anilines is 1. The SMILES string of the molecule is Nc1ccc([N+](=O)[O-])cc1C(=O)N1CC2CCC1C2. The number of likely N-dealkylation sites (tertiary alicyclic amines) is 1. The predicted molar refractivity (Wildman–Crippen MR) is 69.7 cm³/mol. The number of rotatable bonds is 2. The van der Waals surface area contributed by atoms with E-state index in [2.05, 4.69) is 0 Å². The zero-order valence-corrected chi connectivity index (χ0v) is 10.4. The van der Waals surface area contributed by atoms with E-state index in [1.165, 1.54) is 24.6 Å². The number of fused-ring (bicyclic) bond motifs is 2. The van der Waals surface area contributed by atoms with Crippen LogP contribution >= 0.6 is 0 Å². The second-order valence-corrected chi connectivity index (χ2v) is 5.32. The second-order valence-electron chi connectivity index (χ2n) is 5.32. The molecule has 100 valence electrons. The maximum atomic E-state index is 12.5. The van der Waals surface area contributed by atoms with Crippen molar-refractivity contribution in [3.63, 3.8) is 0 Å². The van der Waals surface area contributed by atoms with Crippen molar-refractivity contribution in [2.45, 2.75) is 25.3 Å². The molecule has 1 aliphatic carbocycles. The number of nitrogen functional groups attached to an aromatic ring is 1. The maximum absolute atomic E-state index is 12.5. The van der Waals surface area contributed by atoms with Gasteiger partial charge in [-0.15, -0.1) is 0 Å². The summed E-state index contributed by atoms with van der Waals surface area (Å²) in [5.41, 5.74) is 6.25. The van der Waals surface area contributed by atoms with E-state index < -0.39 is 4.92 Å². The lowest BCUT2D eigenvalue weighted by Gasteiger charge is -2.27. The third-order valence-electron chi connectivity index (χ3n) is 4.15. The Morgan fingerprint density at radius 2 is 2.21 bits per heavy atom. The molecule has 0 spiro atoms. The Hall–Kier alpha value is -2.11. The van der Waals surface area contributed by atoms with Gasteiger partial charge in [-0.1, -0.05) is 0 Å². The summed E-state index contributed by atoms with van der Waals surface area (Å²) >= 11 is 0. The number of nitro benzene ring substituents is 1. The molecule has 6 heteroatoms. The molecule has 1 saturated carbocycles. The standard InChI is InChI=1S/C13H15N3O3/c14-12-4-3-10(16(18)19)6-11(12)13(17)15-7-8-1-2-9(15)5-8/h3-4,6,8-9H,1-2,5,7,14H2. The predicted octanol–water partition coefficient (Wildman–Crippen LogP) is 1.80. The average molecular weight is 261 g/mol. The molecule has 2 bridgehead atoms. The number of hydrogen-bond donors (Lipinski definition) is 1. The number of piperidine rings is 1. The van der Waals surface area contributed by atoms with Gasteiger partial charge in [-0.25, -0.2) is 0 Å². The number of nitrogens with zero attached hydrogens (tertiary/aromatic N) is 2. The molecule has 2 unspecified atom stereocenters. The zero-order chi connectivity index (χ0) is 13.6. The fourth-order valence-corrected chi connectivity index (χ4v) is 3.17. The average Bonchev–Trinajstić information content (AvgIpc) is 3.00. The van der Waals surface area contributed by atoms with Crippen LogP contribution in [-0.2, 0) is 0 Å². The van der Waals surface area contributed by atoms with Crippen LogP contribution in [0.25, 0.3) is 0 Å². The molecule has 1 aromatic carbocycles. The van der Waals surface area contributed by atoms with Gasteiger partial charge in [0.15, 0.2) is 0 Å². The Morgan fingerprint density at radius 3 is 2.79 bits per heavy atom. The highest BCUT2D eigenvalue weighted by atomic mass is 16.6. The molecule has 6 nitrogen and oxygen atoms in total. The molecule has 2 atom stereocenters. The topological polar surface area (TPSA) is 89.5 Å². The number of carbonyl (C=O) groups is 1. The summed E-state index contributed by atoms with van der Waals surface area (Å²) in [5, 5.41) is 10.8. The molecule has 19 heavy (non-hydrogen) atoms. The van der Waals surface area contributed by atoms with E-state index in [9.17, 15) is 14.9 Å². The fraction of sp³-hybridized carbons (Fsp3) is 0.462. The van der Waals surface area contributed by atoms with E-state index in [-0.39, 0.29) is 23.2 Å². The summed E-state index contributed by atoms with van der Waals surface area (Å²) in [7, 11) is 0. The highest BCUT2D eigenvalue weighted by molar-refractivity contribution is 6.00. The minimum absolute atomic E-state index is 0.0955. The number of nitro groups is 1. The fourth-order valence-electron chi connectivity index (χ4n) is 3.17. The Bertz CT molecular complexity index is 558. The summed E-state index contributed by atoms with van der Waals surface area (Å²) in [5.74, 6) is 0.419. The first-order chi connectivity index (χ1) is 9.06. The number of carbonyl (C=O) groups excluding carboxylic acids is 1. The highest BCUT2D eigenvalue weighted by Crippen LogP contribution is 2.38. The molecule has 1 amide bonds. The van der Waals surface area contributed by atoms with Gasteiger partial charge in [0.1, 0.15) is 0 Å². The van der Waals surface area contributed by atoms with Gasteiger partial charge in [-0.3, -0.25) is 14.9 Å². The molecular weight excluding hydrogens is 246 g/mol. The molecule has 3 rings (SSSR count). The largest absolute Gasteiger partial charge is 0.398 e. The number of hydrogen-bond acceptors (Lipinski definition) is 4. The summed E-state index contributed by atoms with van der Waals surface area (Å²) in [6, 6.07) is 4.32. The number of nitrogens with two attached hydrogens (primary N) is 1. The molecule has 2 aliphatic rings. The quantitative estimate of drug-likeness (QED) is 0.499. The lowest BCUT2D eigenvalue weighted by atomic mass is 10.1. The molecule has 2 N–H and O–H groups in total. The Balaban J connectivity index is 1.91. The van der Waals surface area contributed by atoms with E-state index in [0.717, 1.165) is 19.4 Å². The molecule has 1 saturated heterocycles. The van der Waals surface area contributed by atoms with Crippen molar-refractivity contribution in [2.75, 3.05) is 12.3 Å². The van der Waals surface area contributed by atoms with Gasteiger partial charge in [0.25, 0.3) is 11.6 Å². The van der Waals surface area contributed by atoms with Crippen molar-refractivity contribution in [1.29, 1.82) is 0 Å². The lowest BCUT2D eigenvalue weighted by molar-refractivity contribution is -0.384. The van der Waals surface area contributed by atoms with Gasteiger partial charge in [-0.05, 0) is 31.2 Å². The van der Waals surface area contributed by atoms with Gasteiger partial charge in [0.05, 0.1) is 10.5 Å². The van der Waals surface area contributed by atoms with E-state index in [4.69, 9.17) is 5.73 Å². The van der Waals surface area contributed by atoms with Crippen LogP contribution in [0.1, 0.15) is 29.6 Å². The molecule has 1 heterocycles. The maximum Gasteiger partial charge on any atom is 0.270 e. The minimum atomic E-state index is -0.508. The van der Waals surface area contributed by atoms with E-state index in [1.54, 1.807) is 0 Å². The normalized spacial score (nSPS) is 24.7. The van der Waals surface area contributed by atoms with Crippen LogP contribution < -0.4 is 5.73 Å². The van der Waals surface area contributed by atoms with E-state index >= 15 is 0 Å². The van der Waals surface area contributed by atoms with Crippen molar-refractivity contribution in [2.24, 2.45) is 5.92 Å². The van der Waals surface area contributed by atoms with Crippen LogP contribution in [0.15, 0.2) is 18.2 Å². The Kier molecular flexibility index (Phi) is 2.66. The molecule has 1 aliphatic heterocycles. The van der Waals surface area contributed by atoms with Crippen LogP contribution in [0.4, 0.5) is 11.4 Å². The molecule has 2 fully saturated rings. The minimum Gasteiger partial charge on any atom is -0.398 e. The van der Waals surface area contributed by atoms with Crippen molar-refractivity contribution in [3.05, 3.63) is 33.9 Å². The molecule has 0 aromatic heterocycles. The van der Waals surface area contributed by atoms with Crippen molar-refractivity contribution >= 4 is 17.3 Å². The van der Waals surface area contributed by atoms with Gasteiger partial charge in [0, 0.05) is 30.4 Å². The zero-order valence-electron chi connectivity index (χ0n) is 10.4. The van der Waals surface area contributed by atoms with Crippen LogP contribution in [0, 0.1) is 16.0 Å².